The molecule has 0 aliphatic carbocycles. The Balaban J connectivity index is 2.87. The summed E-state index contributed by atoms with van der Waals surface area (Å²) in [7, 11) is 0. The average molecular weight is 330 g/mol. The van der Waals surface area contributed by atoms with Gasteiger partial charge in [0.15, 0.2) is 0 Å². The van der Waals surface area contributed by atoms with E-state index < -0.39 is 23.5 Å². The van der Waals surface area contributed by atoms with Crippen LogP contribution in [-0.4, -0.2) is 45.5 Å². The van der Waals surface area contributed by atoms with E-state index in [1.54, 1.807) is 12.1 Å². The van der Waals surface area contributed by atoms with Crippen molar-refractivity contribution in [2.45, 2.75) is 25.5 Å². The van der Waals surface area contributed by atoms with Crippen molar-refractivity contribution >= 4 is 11.8 Å². The van der Waals surface area contributed by atoms with Gasteiger partial charge in [0.2, 0.25) is 0 Å². The summed E-state index contributed by atoms with van der Waals surface area (Å²) in [5, 5.41) is 29.5. The lowest BCUT2D eigenvalue weighted by Gasteiger charge is -2.28. The van der Waals surface area contributed by atoms with Crippen LogP contribution in [0.15, 0.2) is 24.3 Å². The van der Waals surface area contributed by atoms with E-state index >= 15 is 0 Å². The lowest BCUT2D eigenvalue weighted by molar-refractivity contribution is -0.136. The lowest BCUT2D eigenvalue weighted by atomic mass is 9.97. The monoisotopic (exact) mass is 330 g/mol. The molecule has 0 bridgehead atoms. The zero-order valence-corrected chi connectivity index (χ0v) is 13.3. The van der Waals surface area contributed by atoms with Crippen molar-refractivity contribution in [2.75, 3.05) is 6.61 Å². The fourth-order valence-electron chi connectivity index (χ4n) is 1.73. The Morgan fingerprint density at radius 1 is 1.21 bits per heavy atom. The van der Waals surface area contributed by atoms with Crippen LogP contribution >= 0.6 is 0 Å². The highest BCUT2D eigenvalue weighted by Gasteiger charge is 2.34. The summed E-state index contributed by atoms with van der Waals surface area (Å²) in [6.45, 7) is 2.40. The molecular weight excluding hydrogens is 312 g/mol. The number of aliphatic hydroxyl groups is 2. The number of benzene rings is 1. The van der Waals surface area contributed by atoms with Crippen LogP contribution in [0.4, 0.5) is 0 Å². The number of hydrogen-bond donors (Lipinski definition) is 5. The molecule has 1 rings (SSSR count). The third-order valence-electron chi connectivity index (χ3n) is 2.94. The second-order valence-electron chi connectivity index (χ2n) is 5.32. The maximum absolute atomic E-state index is 12.2. The maximum atomic E-state index is 12.2. The summed E-state index contributed by atoms with van der Waals surface area (Å²) in [5.74, 6) is 8.58. The summed E-state index contributed by atoms with van der Waals surface area (Å²) in [4.78, 5) is 23.7. The van der Waals surface area contributed by atoms with Crippen molar-refractivity contribution < 1.29 is 25.0 Å². The lowest BCUT2D eigenvalue weighted by Crippen LogP contribution is -2.57. The Morgan fingerprint density at radius 2 is 1.83 bits per heavy atom. The van der Waals surface area contributed by atoms with Crippen molar-refractivity contribution in [3.05, 3.63) is 35.4 Å². The summed E-state index contributed by atoms with van der Waals surface area (Å²) in [6.07, 6.45) is 0. The number of hydrogen-bond acceptors (Lipinski definition) is 5. The van der Waals surface area contributed by atoms with Crippen LogP contribution in [0.1, 0.15) is 29.8 Å². The first kappa shape index (κ1) is 19.2. The molecular formula is C17H18N2O5. The van der Waals surface area contributed by atoms with E-state index in [9.17, 15) is 14.7 Å². The van der Waals surface area contributed by atoms with Crippen LogP contribution < -0.4 is 10.8 Å². The summed E-state index contributed by atoms with van der Waals surface area (Å²) in [6, 6.07) is 4.85. The quantitative estimate of drug-likeness (QED) is 0.287. The van der Waals surface area contributed by atoms with Gasteiger partial charge in [0.1, 0.15) is 12.6 Å². The van der Waals surface area contributed by atoms with E-state index in [1.165, 1.54) is 31.5 Å². The highest BCUT2D eigenvalue weighted by Crippen LogP contribution is 2.11. The molecule has 0 spiro atoms. The van der Waals surface area contributed by atoms with Gasteiger partial charge in [0, 0.05) is 11.1 Å². The van der Waals surface area contributed by atoms with Crippen molar-refractivity contribution in [3.8, 4) is 23.7 Å². The molecule has 5 N–H and O–H groups in total. The topological polar surface area (TPSA) is 119 Å². The molecule has 2 amide bonds. The molecule has 0 saturated carbocycles. The zero-order chi connectivity index (χ0) is 18.2. The summed E-state index contributed by atoms with van der Waals surface area (Å²) >= 11 is 0. The van der Waals surface area contributed by atoms with Crippen LogP contribution in [0.5, 0.6) is 0 Å². The zero-order valence-electron chi connectivity index (χ0n) is 13.3. The molecule has 1 aromatic carbocycles. The standard InChI is InChI=1S/C17H18N2O5/c1-17(2,23)14(16(22)19-24)18-15(21)13-9-7-12(8-10-13)6-4-3-5-11-20/h7-10,14,20,23-24H,11H2,1-2H3,(H,18,21)(H,19,22). The minimum absolute atomic E-state index is 0.252. The molecule has 0 saturated heterocycles. The number of carbonyl (C=O) groups excluding carboxylic acids is 2. The second kappa shape index (κ2) is 8.70. The van der Waals surface area contributed by atoms with Crippen LogP contribution in [0.2, 0.25) is 0 Å². The van der Waals surface area contributed by atoms with Crippen molar-refractivity contribution in [2.24, 2.45) is 0 Å². The highest BCUT2D eigenvalue weighted by atomic mass is 16.5. The number of aliphatic hydroxyl groups excluding tert-OH is 1. The molecule has 0 aliphatic heterocycles. The van der Waals surface area contributed by atoms with Gasteiger partial charge >= 0.3 is 0 Å². The van der Waals surface area contributed by atoms with Gasteiger partial charge in [-0.2, -0.15) is 0 Å². The van der Waals surface area contributed by atoms with Gasteiger partial charge in [0.25, 0.3) is 11.8 Å². The van der Waals surface area contributed by atoms with E-state index in [4.69, 9.17) is 10.3 Å². The number of amides is 2. The van der Waals surface area contributed by atoms with Gasteiger partial charge in [-0.15, -0.1) is 0 Å². The molecule has 0 aromatic heterocycles. The second-order valence-corrected chi connectivity index (χ2v) is 5.32. The Bertz CT molecular complexity index is 712. The van der Waals surface area contributed by atoms with Gasteiger partial charge in [-0.1, -0.05) is 11.8 Å². The molecule has 7 nitrogen and oxygen atoms in total. The van der Waals surface area contributed by atoms with Gasteiger partial charge in [-0.05, 0) is 50.0 Å². The predicted octanol–water partition coefficient (Wildman–Crippen LogP) is -0.591. The van der Waals surface area contributed by atoms with Gasteiger partial charge in [0.05, 0.1) is 5.60 Å². The number of carbonyl (C=O) groups is 2. The maximum Gasteiger partial charge on any atom is 0.268 e. The smallest absolute Gasteiger partial charge is 0.268 e. The Hall–Kier alpha value is -2.84. The fraction of sp³-hybridized carbons (Fsp3) is 0.294. The van der Waals surface area contributed by atoms with E-state index in [2.05, 4.69) is 29.0 Å². The van der Waals surface area contributed by atoms with Crippen LogP contribution in [0.25, 0.3) is 0 Å². The van der Waals surface area contributed by atoms with Crippen LogP contribution in [-0.2, 0) is 4.79 Å². The predicted molar refractivity (Wildman–Crippen MR) is 85.7 cm³/mol. The number of hydroxylamine groups is 1. The third-order valence-corrected chi connectivity index (χ3v) is 2.94. The molecule has 7 heteroatoms. The SMILES string of the molecule is CC(C)(O)C(NC(=O)c1ccc(C#CC#CCO)cc1)C(=O)NO. The third kappa shape index (κ3) is 5.75. The Kier molecular flexibility index (Phi) is 6.97. The largest absolute Gasteiger partial charge is 0.388 e. The molecule has 126 valence electrons. The molecule has 0 fully saturated rings. The first-order chi connectivity index (χ1) is 11.3. The average Bonchev–Trinajstić information content (AvgIpc) is 2.55. The van der Waals surface area contributed by atoms with Crippen LogP contribution in [0, 0.1) is 23.7 Å². The van der Waals surface area contributed by atoms with E-state index in [0.29, 0.717) is 5.56 Å². The molecule has 0 heterocycles. The number of nitrogens with one attached hydrogen (secondary N) is 2. The minimum Gasteiger partial charge on any atom is -0.388 e. The van der Waals surface area contributed by atoms with E-state index in [0.717, 1.165) is 0 Å². The Morgan fingerprint density at radius 3 is 2.33 bits per heavy atom. The normalized spacial score (nSPS) is 11.2. The molecule has 1 aromatic rings. The molecule has 1 atom stereocenters. The van der Waals surface area contributed by atoms with Crippen molar-refractivity contribution in [1.29, 1.82) is 0 Å². The van der Waals surface area contributed by atoms with E-state index in [-0.39, 0.29) is 12.2 Å². The van der Waals surface area contributed by atoms with Crippen LogP contribution in [0.3, 0.4) is 0 Å². The van der Waals surface area contributed by atoms with E-state index in [1.807, 2.05) is 0 Å². The summed E-state index contributed by atoms with van der Waals surface area (Å²) in [5.41, 5.74) is 0.707. The first-order valence-corrected chi connectivity index (χ1v) is 6.96. The molecule has 1 unspecified atom stereocenters. The molecule has 24 heavy (non-hydrogen) atoms. The summed E-state index contributed by atoms with van der Waals surface area (Å²) < 4.78 is 0. The first-order valence-electron chi connectivity index (χ1n) is 6.96. The molecule has 0 radical (unpaired) electrons. The van der Waals surface area contributed by atoms with Crippen molar-refractivity contribution in [1.82, 2.24) is 10.8 Å². The highest BCUT2D eigenvalue weighted by molar-refractivity contribution is 5.97. The van der Waals surface area contributed by atoms with Gasteiger partial charge in [-0.3, -0.25) is 14.8 Å². The fourth-order valence-corrected chi connectivity index (χ4v) is 1.73. The number of rotatable bonds is 4. The van der Waals surface area contributed by atoms with Crippen molar-refractivity contribution in [3.63, 3.8) is 0 Å². The Labute approximate surface area is 139 Å². The van der Waals surface area contributed by atoms with Gasteiger partial charge in [-0.25, -0.2) is 5.48 Å². The van der Waals surface area contributed by atoms with Gasteiger partial charge < -0.3 is 15.5 Å². The molecule has 0 aliphatic rings. The minimum atomic E-state index is -1.57.